The Morgan fingerprint density at radius 1 is 1.21 bits per heavy atom. The summed E-state index contributed by atoms with van der Waals surface area (Å²) < 4.78 is 1.74. The molecule has 1 heterocycles. The molecule has 1 amide bonds. The summed E-state index contributed by atoms with van der Waals surface area (Å²) in [4.78, 5) is 12.1. The molecule has 126 valence electrons. The lowest BCUT2D eigenvalue weighted by Gasteiger charge is -2.15. The molecule has 1 fully saturated rings. The van der Waals surface area contributed by atoms with Crippen molar-refractivity contribution in [3.8, 4) is 0 Å². The van der Waals surface area contributed by atoms with E-state index in [4.69, 9.17) is 12.2 Å². The fraction of sp³-hybridized carbons (Fsp3) is 0.353. The highest BCUT2D eigenvalue weighted by Crippen LogP contribution is 2.17. The van der Waals surface area contributed by atoms with Gasteiger partial charge in [-0.3, -0.25) is 20.3 Å². The van der Waals surface area contributed by atoms with Gasteiger partial charge in [0.25, 0.3) is 5.91 Å². The molecule has 0 bridgehead atoms. The minimum absolute atomic E-state index is 0.259. The van der Waals surface area contributed by atoms with Crippen molar-refractivity contribution in [2.75, 3.05) is 0 Å². The molecule has 3 rings (SSSR count). The quantitative estimate of drug-likeness (QED) is 0.585. The Bertz CT molecular complexity index is 694. The number of hydrazine groups is 1. The molecule has 1 aliphatic carbocycles. The molecule has 24 heavy (non-hydrogen) atoms. The molecule has 6 nitrogen and oxygen atoms in total. The molecule has 3 N–H and O–H groups in total. The molecule has 2 aromatic rings. The zero-order chi connectivity index (χ0) is 16.8. The Morgan fingerprint density at radius 3 is 2.71 bits per heavy atom. The number of amides is 1. The second-order valence-electron chi connectivity index (χ2n) is 5.95. The highest BCUT2D eigenvalue weighted by Gasteiger charge is 2.16. The maximum atomic E-state index is 12.1. The average Bonchev–Trinajstić information content (AvgIpc) is 3.26. The van der Waals surface area contributed by atoms with E-state index in [1.165, 1.54) is 12.8 Å². The molecule has 1 aromatic heterocycles. The van der Waals surface area contributed by atoms with Gasteiger partial charge in [-0.25, -0.2) is 0 Å². The van der Waals surface area contributed by atoms with Crippen molar-refractivity contribution in [3.63, 3.8) is 0 Å². The van der Waals surface area contributed by atoms with Crippen LogP contribution in [0.25, 0.3) is 0 Å². The van der Waals surface area contributed by atoms with Gasteiger partial charge in [0, 0.05) is 12.2 Å². The molecule has 0 aliphatic heterocycles. The van der Waals surface area contributed by atoms with Crippen LogP contribution in [-0.4, -0.2) is 26.8 Å². The van der Waals surface area contributed by atoms with E-state index in [0.29, 0.717) is 23.3 Å². The van der Waals surface area contributed by atoms with Crippen molar-refractivity contribution in [3.05, 3.63) is 53.9 Å². The second-order valence-corrected chi connectivity index (χ2v) is 6.35. The van der Waals surface area contributed by atoms with Crippen molar-refractivity contribution in [2.24, 2.45) is 0 Å². The van der Waals surface area contributed by atoms with Gasteiger partial charge in [-0.2, -0.15) is 5.10 Å². The summed E-state index contributed by atoms with van der Waals surface area (Å²) >= 11 is 5.19. The van der Waals surface area contributed by atoms with Crippen molar-refractivity contribution in [1.82, 2.24) is 25.9 Å². The van der Waals surface area contributed by atoms with E-state index < -0.39 is 0 Å². The van der Waals surface area contributed by atoms with E-state index in [-0.39, 0.29) is 5.91 Å². The Kier molecular flexibility index (Phi) is 5.43. The van der Waals surface area contributed by atoms with Crippen LogP contribution in [0.3, 0.4) is 0 Å². The molecule has 0 saturated heterocycles. The molecule has 7 heteroatoms. The van der Waals surface area contributed by atoms with Crippen LogP contribution in [-0.2, 0) is 6.54 Å². The first-order chi connectivity index (χ1) is 11.7. The van der Waals surface area contributed by atoms with Gasteiger partial charge in [-0.1, -0.05) is 43.2 Å². The number of thiocarbonyl (C=S) groups is 1. The van der Waals surface area contributed by atoms with Crippen LogP contribution in [0.4, 0.5) is 0 Å². The first-order valence-corrected chi connectivity index (χ1v) is 8.55. The highest BCUT2D eigenvalue weighted by atomic mass is 32.1. The van der Waals surface area contributed by atoms with Gasteiger partial charge in [0.1, 0.15) is 0 Å². The number of carbonyl (C=O) groups is 1. The Morgan fingerprint density at radius 2 is 1.96 bits per heavy atom. The third kappa shape index (κ3) is 4.55. The molecule has 0 unspecified atom stereocenters. The zero-order valence-electron chi connectivity index (χ0n) is 13.4. The first-order valence-electron chi connectivity index (χ1n) is 8.14. The van der Waals surface area contributed by atoms with Gasteiger partial charge in [-0.05, 0) is 30.6 Å². The summed E-state index contributed by atoms with van der Waals surface area (Å²) in [5, 5.41) is 7.88. The molecule has 0 spiro atoms. The third-order valence-electron chi connectivity index (χ3n) is 4.06. The summed E-state index contributed by atoms with van der Waals surface area (Å²) in [6, 6.07) is 10.4. The summed E-state index contributed by atoms with van der Waals surface area (Å²) in [6.45, 7) is 0.628. The summed E-state index contributed by atoms with van der Waals surface area (Å²) in [6.07, 6.45) is 7.98. The van der Waals surface area contributed by atoms with E-state index in [2.05, 4.69) is 21.3 Å². The van der Waals surface area contributed by atoms with Crippen molar-refractivity contribution in [2.45, 2.75) is 38.3 Å². The topological polar surface area (TPSA) is 71.0 Å². The first kappa shape index (κ1) is 16.4. The van der Waals surface area contributed by atoms with Crippen molar-refractivity contribution in [1.29, 1.82) is 0 Å². The predicted molar refractivity (Wildman–Crippen MR) is 96.4 cm³/mol. The van der Waals surface area contributed by atoms with Crippen LogP contribution in [0, 0.1) is 0 Å². The van der Waals surface area contributed by atoms with Gasteiger partial charge >= 0.3 is 0 Å². The van der Waals surface area contributed by atoms with Crippen molar-refractivity contribution < 1.29 is 4.79 Å². The molecule has 0 radical (unpaired) electrons. The SMILES string of the molecule is O=C(NNC(=S)NC1CCCC1)c1cnn(Cc2ccccc2)c1. The monoisotopic (exact) mass is 343 g/mol. The average molecular weight is 343 g/mol. The van der Waals surface area contributed by atoms with Crippen LogP contribution in [0.5, 0.6) is 0 Å². The minimum atomic E-state index is -0.259. The van der Waals surface area contributed by atoms with E-state index in [0.717, 1.165) is 18.4 Å². The molecule has 1 saturated carbocycles. The van der Waals surface area contributed by atoms with Gasteiger partial charge in [0.2, 0.25) is 0 Å². The number of hydrogen-bond acceptors (Lipinski definition) is 3. The van der Waals surface area contributed by atoms with Crippen LogP contribution < -0.4 is 16.2 Å². The molecule has 1 aromatic carbocycles. The Hall–Kier alpha value is -2.41. The van der Waals surface area contributed by atoms with Crippen molar-refractivity contribution >= 4 is 23.2 Å². The molecule has 1 aliphatic rings. The predicted octanol–water partition coefficient (Wildman–Crippen LogP) is 1.98. The number of rotatable bonds is 4. The van der Waals surface area contributed by atoms with Crippen LogP contribution in [0.15, 0.2) is 42.7 Å². The zero-order valence-corrected chi connectivity index (χ0v) is 14.2. The van der Waals surface area contributed by atoms with Gasteiger partial charge in [0.05, 0.1) is 18.3 Å². The second kappa shape index (κ2) is 7.92. The fourth-order valence-corrected chi connectivity index (χ4v) is 3.03. The Labute approximate surface area is 146 Å². The largest absolute Gasteiger partial charge is 0.359 e. The maximum Gasteiger partial charge on any atom is 0.272 e. The highest BCUT2D eigenvalue weighted by molar-refractivity contribution is 7.80. The normalized spacial score (nSPS) is 14.3. The smallest absolute Gasteiger partial charge is 0.272 e. The third-order valence-corrected chi connectivity index (χ3v) is 4.28. The Balaban J connectivity index is 1.47. The number of carbonyl (C=O) groups excluding carboxylic acids is 1. The molecular weight excluding hydrogens is 322 g/mol. The van der Waals surface area contributed by atoms with E-state index in [9.17, 15) is 4.79 Å². The number of benzene rings is 1. The maximum absolute atomic E-state index is 12.1. The summed E-state index contributed by atoms with van der Waals surface area (Å²) in [7, 11) is 0. The van der Waals surface area contributed by atoms with Crippen LogP contribution in [0.1, 0.15) is 41.6 Å². The van der Waals surface area contributed by atoms with E-state index in [1.807, 2.05) is 30.3 Å². The minimum Gasteiger partial charge on any atom is -0.359 e. The lowest BCUT2D eigenvalue weighted by molar-refractivity contribution is 0.0943. The van der Waals surface area contributed by atoms with Crippen LogP contribution in [0.2, 0.25) is 0 Å². The fourth-order valence-electron chi connectivity index (χ4n) is 2.82. The number of hydrogen-bond donors (Lipinski definition) is 3. The molecule has 0 atom stereocenters. The van der Waals surface area contributed by atoms with Gasteiger partial charge in [-0.15, -0.1) is 0 Å². The van der Waals surface area contributed by atoms with E-state index in [1.54, 1.807) is 17.1 Å². The van der Waals surface area contributed by atoms with Crippen LogP contribution >= 0.6 is 12.2 Å². The van der Waals surface area contributed by atoms with Gasteiger partial charge in [0.15, 0.2) is 5.11 Å². The summed E-state index contributed by atoms with van der Waals surface area (Å²) in [5.74, 6) is -0.259. The van der Waals surface area contributed by atoms with E-state index >= 15 is 0 Å². The van der Waals surface area contributed by atoms with Gasteiger partial charge < -0.3 is 5.32 Å². The number of nitrogens with one attached hydrogen (secondary N) is 3. The summed E-state index contributed by atoms with van der Waals surface area (Å²) in [5.41, 5.74) is 6.97. The number of aromatic nitrogens is 2. The lowest BCUT2D eigenvalue weighted by atomic mass is 10.2. The molecular formula is C17H21N5OS. The lowest BCUT2D eigenvalue weighted by Crippen LogP contribution is -2.49. The number of nitrogens with zero attached hydrogens (tertiary/aromatic N) is 2. The standard InChI is InChI=1S/C17H21N5OS/c23-16(20-21-17(24)19-15-8-4-5-9-15)14-10-18-22(12-14)11-13-6-2-1-3-7-13/h1-3,6-7,10,12,15H,4-5,8-9,11H2,(H,20,23)(H2,19,21,24).